The standard InChI is InChI=1S/C18H17N3O4S/c19-16(20)13-5-6-14(26-13)17(23)21-12-4-3-9-7-11(15(22)18(24)25)2-1-10(9)8-12/h3-6,8,11H,1-2,7H2,(H3,19,20)(H,21,23)(H,24,25). The number of anilines is 1. The minimum absolute atomic E-state index is 0.0757. The van der Waals surface area contributed by atoms with Crippen LogP contribution < -0.4 is 11.1 Å². The molecule has 1 atom stereocenters. The highest BCUT2D eigenvalue weighted by Gasteiger charge is 2.29. The molecular formula is C18H17N3O4S. The zero-order valence-corrected chi connectivity index (χ0v) is 14.6. The molecule has 1 aliphatic carbocycles. The number of carboxylic acids is 1. The van der Waals surface area contributed by atoms with Crippen LogP contribution in [0.15, 0.2) is 30.3 Å². The van der Waals surface area contributed by atoms with E-state index in [4.69, 9.17) is 16.2 Å². The van der Waals surface area contributed by atoms with Crippen LogP contribution in [0.3, 0.4) is 0 Å². The van der Waals surface area contributed by atoms with E-state index in [1.54, 1.807) is 18.2 Å². The van der Waals surface area contributed by atoms with Crippen LogP contribution in [0.25, 0.3) is 0 Å². The number of aryl methyl sites for hydroxylation is 1. The van der Waals surface area contributed by atoms with Gasteiger partial charge in [0, 0.05) is 11.6 Å². The van der Waals surface area contributed by atoms with Gasteiger partial charge < -0.3 is 16.2 Å². The minimum Gasteiger partial charge on any atom is -0.475 e. The molecule has 134 valence electrons. The number of carboxylic acid groups (broad SMARTS) is 1. The molecule has 0 fully saturated rings. The SMILES string of the molecule is N=C(N)c1ccc(C(=O)Nc2ccc3c(c2)CCC(C(=O)C(=O)O)C3)s1. The quantitative estimate of drug-likeness (QED) is 0.363. The van der Waals surface area contributed by atoms with Crippen LogP contribution in [0, 0.1) is 11.3 Å². The normalized spacial score (nSPS) is 15.8. The van der Waals surface area contributed by atoms with E-state index < -0.39 is 17.7 Å². The number of hydrogen-bond donors (Lipinski definition) is 4. The Morgan fingerprint density at radius 1 is 1.15 bits per heavy atom. The average Bonchev–Trinajstić information content (AvgIpc) is 3.11. The highest BCUT2D eigenvalue weighted by Crippen LogP contribution is 2.29. The van der Waals surface area contributed by atoms with Gasteiger partial charge in [0.25, 0.3) is 5.91 Å². The summed E-state index contributed by atoms with van der Waals surface area (Å²) in [6.07, 6.45) is 1.49. The maximum Gasteiger partial charge on any atom is 0.372 e. The van der Waals surface area contributed by atoms with Gasteiger partial charge in [-0.05, 0) is 54.7 Å². The van der Waals surface area contributed by atoms with Gasteiger partial charge in [-0.15, -0.1) is 11.3 Å². The van der Waals surface area contributed by atoms with Gasteiger partial charge in [0.2, 0.25) is 5.78 Å². The van der Waals surface area contributed by atoms with E-state index >= 15 is 0 Å². The number of ketones is 1. The van der Waals surface area contributed by atoms with E-state index in [1.807, 2.05) is 12.1 Å². The Morgan fingerprint density at radius 3 is 2.54 bits per heavy atom. The Balaban J connectivity index is 1.71. The first-order valence-corrected chi connectivity index (χ1v) is 8.81. The molecule has 0 bridgehead atoms. The largest absolute Gasteiger partial charge is 0.475 e. The summed E-state index contributed by atoms with van der Waals surface area (Å²) >= 11 is 1.15. The predicted molar refractivity (Wildman–Crippen MR) is 97.9 cm³/mol. The number of carbonyl (C=O) groups excluding carboxylic acids is 2. The fraction of sp³-hybridized carbons (Fsp3) is 0.222. The van der Waals surface area contributed by atoms with E-state index in [1.165, 1.54) is 0 Å². The van der Waals surface area contributed by atoms with E-state index in [9.17, 15) is 14.4 Å². The van der Waals surface area contributed by atoms with Crippen molar-refractivity contribution in [3.8, 4) is 0 Å². The summed E-state index contributed by atoms with van der Waals surface area (Å²) in [7, 11) is 0. The molecule has 2 aromatic rings. The number of nitrogen functional groups attached to an aromatic ring is 1. The summed E-state index contributed by atoms with van der Waals surface area (Å²) in [6.45, 7) is 0. The second-order valence-electron chi connectivity index (χ2n) is 6.12. The first-order chi connectivity index (χ1) is 12.3. The number of fused-ring (bicyclic) bond motifs is 1. The Bertz CT molecular complexity index is 919. The number of Topliss-reactive ketones (excluding diaryl/α,β-unsaturated/α-hetero) is 1. The van der Waals surface area contributed by atoms with Crippen LogP contribution in [0.1, 0.15) is 32.1 Å². The molecule has 1 aromatic carbocycles. The lowest BCUT2D eigenvalue weighted by molar-refractivity contribution is -0.151. The first-order valence-electron chi connectivity index (χ1n) is 7.99. The maximum atomic E-state index is 12.3. The number of rotatable bonds is 5. The predicted octanol–water partition coefficient (Wildman–Crippen LogP) is 2.04. The molecule has 0 aliphatic heterocycles. The third-order valence-electron chi connectivity index (χ3n) is 4.37. The number of benzene rings is 1. The van der Waals surface area contributed by atoms with Crippen molar-refractivity contribution >= 4 is 40.5 Å². The number of thiophene rings is 1. The summed E-state index contributed by atoms with van der Waals surface area (Å²) in [5, 5.41) is 19.0. The molecule has 0 saturated heterocycles. The zero-order chi connectivity index (χ0) is 18.8. The topological polar surface area (TPSA) is 133 Å². The van der Waals surface area contributed by atoms with Gasteiger partial charge >= 0.3 is 5.97 Å². The van der Waals surface area contributed by atoms with E-state index in [-0.39, 0.29) is 11.7 Å². The molecule has 1 aromatic heterocycles. The van der Waals surface area contributed by atoms with E-state index in [2.05, 4.69) is 5.32 Å². The smallest absolute Gasteiger partial charge is 0.372 e. The van der Waals surface area contributed by atoms with Gasteiger partial charge in [-0.2, -0.15) is 0 Å². The summed E-state index contributed by atoms with van der Waals surface area (Å²) in [6, 6.07) is 8.67. The van der Waals surface area contributed by atoms with Crippen molar-refractivity contribution in [1.29, 1.82) is 5.41 Å². The summed E-state index contributed by atoms with van der Waals surface area (Å²) in [4.78, 5) is 35.8. The molecule has 3 rings (SSSR count). The zero-order valence-electron chi connectivity index (χ0n) is 13.7. The van der Waals surface area contributed by atoms with Crippen LogP contribution in [-0.4, -0.2) is 28.6 Å². The van der Waals surface area contributed by atoms with Crippen LogP contribution in [0.4, 0.5) is 5.69 Å². The summed E-state index contributed by atoms with van der Waals surface area (Å²) in [5.41, 5.74) is 7.98. The van der Waals surface area contributed by atoms with Gasteiger partial charge in [0.15, 0.2) is 0 Å². The molecule has 1 heterocycles. The molecule has 1 amide bonds. The van der Waals surface area contributed by atoms with Gasteiger partial charge in [-0.1, -0.05) is 6.07 Å². The second-order valence-corrected chi connectivity index (χ2v) is 7.21. The van der Waals surface area contributed by atoms with Crippen LogP contribution in [-0.2, 0) is 22.4 Å². The Labute approximate surface area is 153 Å². The van der Waals surface area contributed by atoms with Crippen molar-refractivity contribution in [1.82, 2.24) is 0 Å². The lowest BCUT2D eigenvalue weighted by Crippen LogP contribution is -2.28. The molecule has 8 heteroatoms. The third kappa shape index (κ3) is 3.65. The molecular weight excluding hydrogens is 354 g/mol. The Hall–Kier alpha value is -3.00. The number of nitrogens with two attached hydrogens (primary N) is 1. The fourth-order valence-corrected chi connectivity index (χ4v) is 3.79. The molecule has 26 heavy (non-hydrogen) atoms. The average molecular weight is 371 g/mol. The van der Waals surface area contributed by atoms with Crippen molar-refractivity contribution in [3.63, 3.8) is 0 Å². The second kappa shape index (κ2) is 7.09. The van der Waals surface area contributed by atoms with Crippen molar-refractivity contribution in [3.05, 3.63) is 51.2 Å². The van der Waals surface area contributed by atoms with Gasteiger partial charge in [-0.3, -0.25) is 15.0 Å². The van der Waals surface area contributed by atoms with Crippen LogP contribution in [0.2, 0.25) is 0 Å². The van der Waals surface area contributed by atoms with Crippen LogP contribution in [0.5, 0.6) is 0 Å². The van der Waals surface area contributed by atoms with Gasteiger partial charge in [-0.25, -0.2) is 4.79 Å². The van der Waals surface area contributed by atoms with Crippen molar-refractivity contribution in [2.24, 2.45) is 11.7 Å². The number of carbonyl (C=O) groups is 3. The maximum absolute atomic E-state index is 12.3. The Kier molecular flexibility index (Phi) is 4.85. The summed E-state index contributed by atoms with van der Waals surface area (Å²) < 4.78 is 0. The van der Waals surface area contributed by atoms with E-state index in [0.29, 0.717) is 34.7 Å². The molecule has 5 N–H and O–H groups in total. The fourth-order valence-electron chi connectivity index (χ4n) is 3.03. The van der Waals surface area contributed by atoms with Crippen LogP contribution >= 0.6 is 11.3 Å². The highest BCUT2D eigenvalue weighted by molar-refractivity contribution is 7.16. The number of amidine groups is 1. The molecule has 1 unspecified atom stereocenters. The lowest BCUT2D eigenvalue weighted by Gasteiger charge is -2.23. The monoisotopic (exact) mass is 371 g/mol. The number of nitrogens with one attached hydrogen (secondary N) is 2. The number of aliphatic carboxylic acids is 1. The van der Waals surface area contributed by atoms with Crippen molar-refractivity contribution in [2.45, 2.75) is 19.3 Å². The van der Waals surface area contributed by atoms with Gasteiger partial charge in [0.1, 0.15) is 5.84 Å². The molecule has 0 radical (unpaired) electrons. The summed E-state index contributed by atoms with van der Waals surface area (Å²) in [5.74, 6) is -2.97. The van der Waals surface area contributed by atoms with E-state index in [0.717, 1.165) is 22.5 Å². The lowest BCUT2D eigenvalue weighted by atomic mass is 9.81. The van der Waals surface area contributed by atoms with Gasteiger partial charge in [0.05, 0.1) is 9.75 Å². The first kappa shape index (κ1) is 17.8. The number of hydrogen-bond acceptors (Lipinski definition) is 5. The Morgan fingerprint density at radius 2 is 1.88 bits per heavy atom. The minimum atomic E-state index is -1.39. The molecule has 0 spiro atoms. The highest BCUT2D eigenvalue weighted by atomic mass is 32.1. The van der Waals surface area contributed by atoms with Crippen molar-refractivity contribution < 1.29 is 19.5 Å². The molecule has 1 aliphatic rings. The molecule has 0 saturated carbocycles. The third-order valence-corrected chi connectivity index (χ3v) is 5.49. The van der Waals surface area contributed by atoms with Crippen molar-refractivity contribution in [2.75, 3.05) is 5.32 Å². The molecule has 7 nitrogen and oxygen atoms in total. The number of amides is 1.